The fraction of sp³-hybridized carbons (Fsp3) is 0.364. The van der Waals surface area contributed by atoms with E-state index in [4.69, 9.17) is 0 Å². The fourth-order valence-corrected chi connectivity index (χ4v) is 4.89. The first kappa shape index (κ1) is 22.0. The minimum absolute atomic E-state index is 0.00147. The molecule has 0 aliphatic carbocycles. The fourth-order valence-electron chi connectivity index (χ4n) is 3.53. The molecule has 0 saturated carbocycles. The average Bonchev–Trinajstić information content (AvgIpc) is 2.74. The predicted octanol–water partition coefficient (Wildman–Crippen LogP) is 3.11. The molecule has 1 fully saturated rings. The van der Waals surface area contributed by atoms with Crippen LogP contribution in [0.1, 0.15) is 56.7 Å². The summed E-state index contributed by atoms with van der Waals surface area (Å²) in [6.45, 7) is 4.91. The van der Waals surface area contributed by atoms with Crippen molar-refractivity contribution < 1.29 is 23.1 Å². The van der Waals surface area contributed by atoms with E-state index < -0.39 is 16.0 Å². The maximum Gasteiger partial charge on any atom is 0.335 e. The van der Waals surface area contributed by atoms with E-state index in [0.717, 1.165) is 32.4 Å². The Labute approximate surface area is 176 Å². The van der Waals surface area contributed by atoms with E-state index in [1.165, 1.54) is 12.1 Å². The minimum Gasteiger partial charge on any atom is -0.478 e. The first-order valence-corrected chi connectivity index (χ1v) is 11.4. The molecule has 0 spiro atoms. The Kier molecular flexibility index (Phi) is 6.58. The molecule has 0 aromatic heterocycles. The van der Waals surface area contributed by atoms with E-state index >= 15 is 0 Å². The van der Waals surface area contributed by atoms with Gasteiger partial charge in [0.05, 0.1) is 10.5 Å². The number of amides is 1. The van der Waals surface area contributed by atoms with Gasteiger partial charge < -0.3 is 10.0 Å². The van der Waals surface area contributed by atoms with Crippen molar-refractivity contribution in [3.63, 3.8) is 0 Å². The number of sulfonamides is 1. The van der Waals surface area contributed by atoms with Crippen molar-refractivity contribution in [3.8, 4) is 0 Å². The van der Waals surface area contributed by atoms with E-state index in [1.807, 2.05) is 4.90 Å². The molecule has 2 aromatic carbocycles. The lowest BCUT2D eigenvalue weighted by Crippen LogP contribution is -2.35. The van der Waals surface area contributed by atoms with Gasteiger partial charge in [-0.05, 0) is 74.1 Å². The van der Waals surface area contributed by atoms with Crippen LogP contribution >= 0.6 is 0 Å². The smallest absolute Gasteiger partial charge is 0.335 e. The Morgan fingerprint density at radius 1 is 1.00 bits per heavy atom. The summed E-state index contributed by atoms with van der Waals surface area (Å²) in [7, 11) is -3.90. The molecule has 0 atom stereocenters. The van der Waals surface area contributed by atoms with Crippen molar-refractivity contribution in [1.82, 2.24) is 9.62 Å². The lowest BCUT2D eigenvalue weighted by molar-refractivity contribution is 0.0694. The third-order valence-corrected chi connectivity index (χ3v) is 6.99. The first-order chi connectivity index (χ1) is 14.2. The molecule has 1 saturated heterocycles. The zero-order valence-corrected chi connectivity index (χ0v) is 18.0. The Bertz CT molecular complexity index is 1060. The quantitative estimate of drug-likeness (QED) is 0.733. The van der Waals surface area contributed by atoms with E-state index in [-0.39, 0.29) is 22.9 Å². The van der Waals surface area contributed by atoms with Crippen LogP contribution in [0.4, 0.5) is 0 Å². The van der Waals surface area contributed by atoms with Gasteiger partial charge in [0.25, 0.3) is 5.91 Å². The first-order valence-electron chi connectivity index (χ1n) is 9.91. The molecule has 30 heavy (non-hydrogen) atoms. The maximum atomic E-state index is 12.8. The third-order valence-electron chi connectivity index (χ3n) is 5.47. The Morgan fingerprint density at radius 2 is 1.63 bits per heavy atom. The summed E-state index contributed by atoms with van der Waals surface area (Å²) in [6.07, 6.45) is 3.19. The van der Waals surface area contributed by atoms with E-state index in [2.05, 4.69) is 4.72 Å². The van der Waals surface area contributed by atoms with Crippen LogP contribution in [-0.2, 0) is 16.6 Å². The zero-order chi connectivity index (χ0) is 21.9. The van der Waals surface area contributed by atoms with Gasteiger partial charge in [-0.1, -0.05) is 12.1 Å². The molecular weight excluding hydrogens is 404 g/mol. The zero-order valence-electron chi connectivity index (χ0n) is 17.1. The van der Waals surface area contributed by atoms with Gasteiger partial charge >= 0.3 is 5.97 Å². The summed E-state index contributed by atoms with van der Waals surface area (Å²) < 4.78 is 28.1. The lowest BCUT2D eigenvalue weighted by Gasteiger charge is -2.26. The molecule has 1 aliphatic rings. The van der Waals surface area contributed by atoms with Crippen LogP contribution in [-0.4, -0.2) is 43.4 Å². The van der Waals surface area contributed by atoms with Gasteiger partial charge in [-0.3, -0.25) is 4.79 Å². The number of nitrogens with one attached hydrogen (secondary N) is 1. The Morgan fingerprint density at radius 3 is 2.23 bits per heavy atom. The van der Waals surface area contributed by atoms with Crippen molar-refractivity contribution in [2.45, 2.75) is 44.6 Å². The SMILES string of the molecule is Cc1cc(C(=O)O)cc(S(=O)(=O)NCc2ccc(C(=O)N3CCCCC3)cc2)c1C. The number of carboxylic acids is 1. The highest BCUT2D eigenvalue weighted by Crippen LogP contribution is 2.22. The van der Waals surface area contributed by atoms with Crippen molar-refractivity contribution in [3.05, 3.63) is 64.2 Å². The summed E-state index contributed by atoms with van der Waals surface area (Å²) in [6, 6.07) is 9.50. The lowest BCUT2D eigenvalue weighted by atomic mass is 10.1. The Hall–Kier alpha value is -2.71. The molecule has 1 amide bonds. The highest BCUT2D eigenvalue weighted by atomic mass is 32.2. The number of likely N-dealkylation sites (tertiary alicyclic amines) is 1. The van der Waals surface area contributed by atoms with Gasteiger partial charge in [0.2, 0.25) is 10.0 Å². The Balaban J connectivity index is 1.72. The molecule has 7 nitrogen and oxygen atoms in total. The van der Waals surface area contributed by atoms with Gasteiger partial charge in [0.15, 0.2) is 0 Å². The molecule has 1 heterocycles. The van der Waals surface area contributed by atoms with Gasteiger partial charge in [0.1, 0.15) is 0 Å². The van der Waals surface area contributed by atoms with Crippen molar-refractivity contribution >= 4 is 21.9 Å². The van der Waals surface area contributed by atoms with Gasteiger partial charge in [-0.25, -0.2) is 17.9 Å². The average molecular weight is 431 g/mol. The van der Waals surface area contributed by atoms with Gasteiger partial charge in [-0.15, -0.1) is 0 Å². The highest BCUT2D eigenvalue weighted by Gasteiger charge is 2.21. The van der Waals surface area contributed by atoms with Crippen LogP contribution in [0, 0.1) is 13.8 Å². The predicted molar refractivity (Wildman–Crippen MR) is 113 cm³/mol. The monoisotopic (exact) mass is 430 g/mol. The van der Waals surface area contributed by atoms with E-state index in [9.17, 15) is 23.1 Å². The number of carboxylic acid groups (broad SMARTS) is 1. The van der Waals surface area contributed by atoms with Crippen LogP contribution in [0.3, 0.4) is 0 Å². The summed E-state index contributed by atoms with van der Waals surface area (Å²) in [5.74, 6) is -1.18. The number of carbonyl (C=O) groups excluding carboxylic acids is 1. The molecule has 1 aliphatic heterocycles. The number of hydrogen-bond acceptors (Lipinski definition) is 4. The molecule has 0 bridgehead atoms. The van der Waals surface area contributed by atoms with Crippen molar-refractivity contribution in [1.29, 1.82) is 0 Å². The number of benzene rings is 2. The normalized spacial score (nSPS) is 14.5. The maximum absolute atomic E-state index is 12.8. The third kappa shape index (κ3) is 4.88. The largest absolute Gasteiger partial charge is 0.478 e. The molecule has 160 valence electrons. The van der Waals surface area contributed by atoms with Gasteiger partial charge in [-0.2, -0.15) is 0 Å². The molecule has 2 N–H and O–H groups in total. The van der Waals surface area contributed by atoms with E-state index in [0.29, 0.717) is 22.3 Å². The second-order valence-electron chi connectivity index (χ2n) is 7.60. The van der Waals surface area contributed by atoms with Gasteiger partial charge in [0, 0.05) is 25.2 Å². The van der Waals surface area contributed by atoms with Crippen molar-refractivity contribution in [2.75, 3.05) is 13.1 Å². The number of aryl methyl sites for hydroxylation is 1. The highest BCUT2D eigenvalue weighted by molar-refractivity contribution is 7.89. The minimum atomic E-state index is -3.90. The van der Waals surface area contributed by atoms with Crippen LogP contribution in [0.5, 0.6) is 0 Å². The molecule has 0 radical (unpaired) electrons. The van der Waals surface area contributed by atoms with Crippen LogP contribution in [0.25, 0.3) is 0 Å². The number of nitrogens with zero attached hydrogens (tertiary/aromatic N) is 1. The summed E-state index contributed by atoms with van der Waals surface area (Å²) in [4.78, 5) is 25.6. The summed E-state index contributed by atoms with van der Waals surface area (Å²) in [5, 5.41) is 9.22. The number of rotatable bonds is 6. The van der Waals surface area contributed by atoms with Crippen LogP contribution in [0.15, 0.2) is 41.3 Å². The molecule has 8 heteroatoms. The topological polar surface area (TPSA) is 104 Å². The van der Waals surface area contributed by atoms with Crippen molar-refractivity contribution in [2.24, 2.45) is 0 Å². The van der Waals surface area contributed by atoms with Crippen LogP contribution in [0.2, 0.25) is 0 Å². The number of aromatic carboxylic acids is 1. The molecule has 2 aromatic rings. The second-order valence-corrected chi connectivity index (χ2v) is 9.33. The van der Waals surface area contributed by atoms with Crippen LogP contribution < -0.4 is 4.72 Å². The number of carbonyl (C=O) groups is 2. The molecule has 0 unspecified atom stereocenters. The summed E-state index contributed by atoms with van der Waals surface area (Å²) in [5.41, 5.74) is 2.33. The second kappa shape index (κ2) is 8.97. The molecule has 3 rings (SSSR count). The molecular formula is C22H26N2O5S. The summed E-state index contributed by atoms with van der Waals surface area (Å²) >= 11 is 0. The number of piperidine rings is 1. The standard InChI is InChI=1S/C22H26N2O5S/c1-15-12-19(22(26)27)13-20(16(15)2)30(28,29)23-14-17-6-8-18(9-7-17)21(25)24-10-4-3-5-11-24/h6-9,12-13,23H,3-5,10-11,14H2,1-2H3,(H,26,27). The van der Waals surface area contributed by atoms with E-state index in [1.54, 1.807) is 38.1 Å². The number of hydrogen-bond donors (Lipinski definition) is 2.